The van der Waals surface area contributed by atoms with E-state index in [1.807, 2.05) is 0 Å². The summed E-state index contributed by atoms with van der Waals surface area (Å²) < 4.78 is 14.9. The van der Waals surface area contributed by atoms with Gasteiger partial charge in [0.05, 0.1) is 32.2 Å². The molecule has 110 valence electrons. The molecule has 0 aliphatic heterocycles. The fourth-order valence-corrected chi connectivity index (χ4v) is 1.62. The molecule has 1 aromatic heterocycles. The number of hydrogen-bond donors (Lipinski definition) is 1. The van der Waals surface area contributed by atoms with E-state index in [0.717, 1.165) is 0 Å². The van der Waals surface area contributed by atoms with Crippen molar-refractivity contribution in [2.75, 3.05) is 26.1 Å². The Balaban J connectivity index is 3.22. The summed E-state index contributed by atoms with van der Waals surface area (Å²) in [5.41, 5.74) is 6.08. The van der Waals surface area contributed by atoms with Crippen LogP contribution in [0, 0.1) is 0 Å². The van der Waals surface area contributed by atoms with Crippen molar-refractivity contribution in [3.8, 4) is 5.75 Å². The molecule has 1 aromatic rings. The SMILES string of the molecule is CCOC(=O)C(C(=O)OCC)c1ncc(N)cc1OC. The smallest absolute Gasteiger partial charge is 0.326 e. The molecule has 0 bridgehead atoms. The van der Waals surface area contributed by atoms with Crippen LogP contribution in [0.2, 0.25) is 0 Å². The van der Waals surface area contributed by atoms with Gasteiger partial charge in [-0.15, -0.1) is 0 Å². The predicted molar refractivity (Wildman–Crippen MR) is 71.2 cm³/mol. The summed E-state index contributed by atoms with van der Waals surface area (Å²) >= 11 is 0. The van der Waals surface area contributed by atoms with E-state index < -0.39 is 17.9 Å². The average Bonchev–Trinajstić information content (AvgIpc) is 2.41. The molecule has 0 saturated carbocycles. The lowest BCUT2D eigenvalue weighted by Crippen LogP contribution is -2.27. The number of ether oxygens (including phenoxy) is 3. The first-order valence-electron chi connectivity index (χ1n) is 6.17. The highest BCUT2D eigenvalue weighted by Gasteiger charge is 2.35. The first kappa shape index (κ1) is 15.7. The van der Waals surface area contributed by atoms with E-state index in [2.05, 4.69) is 4.98 Å². The van der Waals surface area contributed by atoms with Crippen molar-refractivity contribution >= 4 is 17.6 Å². The Bertz CT molecular complexity index is 472. The van der Waals surface area contributed by atoms with E-state index >= 15 is 0 Å². The maximum absolute atomic E-state index is 12.0. The van der Waals surface area contributed by atoms with Crippen molar-refractivity contribution in [2.24, 2.45) is 0 Å². The summed E-state index contributed by atoms with van der Waals surface area (Å²) in [6.07, 6.45) is 1.34. The van der Waals surface area contributed by atoms with Crippen LogP contribution in [-0.2, 0) is 19.1 Å². The lowest BCUT2D eigenvalue weighted by Gasteiger charge is -2.16. The van der Waals surface area contributed by atoms with Crippen LogP contribution < -0.4 is 10.5 Å². The zero-order chi connectivity index (χ0) is 15.1. The van der Waals surface area contributed by atoms with Gasteiger partial charge < -0.3 is 19.9 Å². The maximum atomic E-state index is 12.0. The van der Waals surface area contributed by atoms with Gasteiger partial charge in [0, 0.05) is 6.07 Å². The van der Waals surface area contributed by atoms with Crippen LogP contribution in [0.1, 0.15) is 25.5 Å². The number of rotatable bonds is 6. The fourth-order valence-electron chi connectivity index (χ4n) is 1.62. The molecule has 0 unspecified atom stereocenters. The van der Waals surface area contributed by atoms with E-state index in [9.17, 15) is 9.59 Å². The topological polar surface area (TPSA) is 101 Å². The molecule has 20 heavy (non-hydrogen) atoms. The second-order valence-corrected chi connectivity index (χ2v) is 3.79. The monoisotopic (exact) mass is 282 g/mol. The zero-order valence-electron chi connectivity index (χ0n) is 11.7. The third-order valence-electron chi connectivity index (χ3n) is 2.44. The summed E-state index contributed by atoms with van der Waals surface area (Å²) in [7, 11) is 1.40. The number of carbonyl (C=O) groups excluding carboxylic acids is 2. The number of aromatic nitrogens is 1. The third-order valence-corrected chi connectivity index (χ3v) is 2.44. The molecule has 7 nitrogen and oxygen atoms in total. The minimum Gasteiger partial charge on any atom is -0.495 e. The quantitative estimate of drug-likeness (QED) is 0.610. The maximum Gasteiger partial charge on any atom is 0.326 e. The molecule has 0 amide bonds. The first-order valence-corrected chi connectivity index (χ1v) is 6.17. The van der Waals surface area contributed by atoms with Gasteiger partial charge >= 0.3 is 11.9 Å². The largest absolute Gasteiger partial charge is 0.495 e. The van der Waals surface area contributed by atoms with E-state index in [4.69, 9.17) is 19.9 Å². The Morgan fingerprint density at radius 3 is 2.25 bits per heavy atom. The van der Waals surface area contributed by atoms with Gasteiger partial charge in [0.15, 0.2) is 5.92 Å². The van der Waals surface area contributed by atoms with Crippen molar-refractivity contribution in [1.82, 2.24) is 4.98 Å². The molecule has 0 aliphatic rings. The van der Waals surface area contributed by atoms with Crippen LogP contribution in [0.25, 0.3) is 0 Å². The fraction of sp³-hybridized carbons (Fsp3) is 0.462. The normalized spacial score (nSPS) is 10.2. The number of carbonyl (C=O) groups is 2. The number of esters is 2. The molecule has 0 fully saturated rings. The van der Waals surface area contributed by atoms with Crippen LogP contribution in [-0.4, -0.2) is 37.2 Å². The molecule has 0 aliphatic carbocycles. The number of methoxy groups -OCH3 is 1. The predicted octanol–water partition coefficient (Wildman–Crippen LogP) is 0.882. The van der Waals surface area contributed by atoms with Crippen LogP contribution in [0.3, 0.4) is 0 Å². The molecule has 7 heteroatoms. The Kier molecular flexibility index (Phi) is 5.76. The third kappa shape index (κ3) is 3.59. The van der Waals surface area contributed by atoms with Crippen LogP contribution in [0.15, 0.2) is 12.3 Å². The highest BCUT2D eigenvalue weighted by molar-refractivity contribution is 6.01. The van der Waals surface area contributed by atoms with Gasteiger partial charge in [0.2, 0.25) is 0 Å². The lowest BCUT2D eigenvalue weighted by atomic mass is 10.0. The molecule has 0 spiro atoms. The molecule has 1 rings (SSSR count). The van der Waals surface area contributed by atoms with Crippen LogP contribution >= 0.6 is 0 Å². The van der Waals surface area contributed by atoms with Gasteiger partial charge in [-0.1, -0.05) is 0 Å². The van der Waals surface area contributed by atoms with Gasteiger partial charge in [0.25, 0.3) is 0 Å². The molecule has 0 saturated heterocycles. The zero-order valence-corrected chi connectivity index (χ0v) is 11.7. The number of hydrogen-bond acceptors (Lipinski definition) is 7. The molecule has 0 aromatic carbocycles. The summed E-state index contributed by atoms with van der Waals surface area (Å²) in [4.78, 5) is 27.9. The summed E-state index contributed by atoms with van der Waals surface area (Å²) in [5, 5.41) is 0. The number of anilines is 1. The van der Waals surface area contributed by atoms with Gasteiger partial charge in [-0.3, -0.25) is 14.6 Å². The van der Waals surface area contributed by atoms with Crippen molar-refractivity contribution in [1.29, 1.82) is 0 Å². The van der Waals surface area contributed by atoms with E-state index in [-0.39, 0.29) is 24.7 Å². The van der Waals surface area contributed by atoms with E-state index in [0.29, 0.717) is 5.69 Å². The Morgan fingerprint density at radius 1 is 1.25 bits per heavy atom. The Labute approximate surface area is 117 Å². The second kappa shape index (κ2) is 7.32. The minimum atomic E-state index is -1.29. The van der Waals surface area contributed by atoms with Crippen molar-refractivity contribution in [2.45, 2.75) is 19.8 Å². The number of nitrogen functional groups attached to an aromatic ring is 1. The molecular formula is C13H18N2O5. The summed E-state index contributed by atoms with van der Waals surface area (Å²) in [6, 6.07) is 1.48. The Hall–Kier alpha value is -2.31. The number of pyridine rings is 1. The van der Waals surface area contributed by atoms with Gasteiger partial charge in [-0.25, -0.2) is 0 Å². The molecule has 2 N–H and O–H groups in total. The lowest BCUT2D eigenvalue weighted by molar-refractivity contribution is -0.157. The minimum absolute atomic E-state index is 0.124. The second-order valence-electron chi connectivity index (χ2n) is 3.79. The molecular weight excluding hydrogens is 264 g/mol. The van der Waals surface area contributed by atoms with Crippen LogP contribution in [0.4, 0.5) is 5.69 Å². The summed E-state index contributed by atoms with van der Waals surface area (Å²) in [5.74, 6) is -2.52. The van der Waals surface area contributed by atoms with Crippen molar-refractivity contribution in [3.63, 3.8) is 0 Å². The molecule has 0 atom stereocenters. The highest BCUT2D eigenvalue weighted by Crippen LogP contribution is 2.28. The first-order chi connectivity index (χ1) is 9.54. The van der Waals surface area contributed by atoms with Gasteiger partial charge in [-0.2, -0.15) is 0 Å². The summed E-state index contributed by atoms with van der Waals surface area (Å²) in [6.45, 7) is 3.58. The standard InChI is InChI=1S/C13H18N2O5/c1-4-19-12(16)10(13(17)20-5-2)11-9(18-3)6-8(14)7-15-11/h6-7,10H,4-5,14H2,1-3H3. The van der Waals surface area contributed by atoms with Crippen LogP contribution in [0.5, 0.6) is 5.75 Å². The van der Waals surface area contributed by atoms with Crippen molar-refractivity contribution < 1.29 is 23.8 Å². The van der Waals surface area contributed by atoms with Gasteiger partial charge in [-0.05, 0) is 13.8 Å². The average molecular weight is 282 g/mol. The van der Waals surface area contributed by atoms with Crippen molar-refractivity contribution in [3.05, 3.63) is 18.0 Å². The molecule has 1 heterocycles. The van der Waals surface area contributed by atoms with Gasteiger partial charge in [0.1, 0.15) is 11.4 Å². The number of nitrogens with zero attached hydrogens (tertiary/aromatic N) is 1. The van der Waals surface area contributed by atoms with E-state index in [1.165, 1.54) is 19.4 Å². The van der Waals surface area contributed by atoms with E-state index in [1.54, 1.807) is 13.8 Å². The Morgan fingerprint density at radius 2 is 1.80 bits per heavy atom. The highest BCUT2D eigenvalue weighted by atomic mass is 16.6. The number of nitrogens with two attached hydrogens (primary N) is 1. The molecule has 0 radical (unpaired) electrons.